The number of nitrogens with zero attached hydrogens (tertiary/aromatic N) is 3. The summed E-state index contributed by atoms with van der Waals surface area (Å²) in [4.78, 5) is 23.6. The van der Waals surface area contributed by atoms with Crippen LogP contribution in [0.4, 0.5) is 0 Å². The standard InChI is InChI=1S/C21H28N4O2S.2C2H6/c1-6-15(7-2)25-11-12(3)18-20(25)23-14(5)19(24-18)16-8-9-17(28-16)21(27)22-10-13(4)26;2*1-2/h8-9,11,13,15,26H,6-7,10H2,1-5H3,(H,22,27);2*1-2H3. The molecule has 0 aliphatic rings. The topological polar surface area (TPSA) is 80.0 Å². The van der Waals surface area contributed by atoms with Crippen molar-refractivity contribution in [1.29, 1.82) is 0 Å². The van der Waals surface area contributed by atoms with Crippen LogP contribution < -0.4 is 5.32 Å². The molecule has 3 aromatic rings. The third-order valence-electron chi connectivity index (χ3n) is 4.96. The molecule has 0 aliphatic carbocycles. The molecule has 178 valence electrons. The Morgan fingerprint density at radius 1 is 1.12 bits per heavy atom. The van der Waals surface area contributed by atoms with Crippen molar-refractivity contribution >= 4 is 28.4 Å². The Kier molecular flexibility index (Phi) is 11.6. The number of aliphatic hydroxyl groups excluding tert-OH is 1. The second-order valence-electron chi connectivity index (χ2n) is 7.24. The van der Waals surface area contributed by atoms with E-state index < -0.39 is 6.10 Å². The summed E-state index contributed by atoms with van der Waals surface area (Å²) < 4.78 is 2.25. The van der Waals surface area contributed by atoms with E-state index in [0.29, 0.717) is 10.9 Å². The van der Waals surface area contributed by atoms with Crippen LogP contribution in [-0.4, -0.2) is 38.2 Å². The summed E-state index contributed by atoms with van der Waals surface area (Å²) in [6.07, 6.45) is 3.69. The zero-order chi connectivity index (χ0) is 24.4. The molecule has 3 rings (SSSR count). The van der Waals surface area contributed by atoms with Gasteiger partial charge in [0.25, 0.3) is 5.91 Å². The number of carbonyl (C=O) groups is 1. The molecule has 7 heteroatoms. The summed E-state index contributed by atoms with van der Waals surface area (Å²) >= 11 is 1.39. The van der Waals surface area contributed by atoms with Crippen LogP contribution >= 0.6 is 11.3 Å². The zero-order valence-corrected chi connectivity index (χ0v) is 21.9. The van der Waals surface area contributed by atoms with Crippen LogP contribution in [0.25, 0.3) is 21.7 Å². The lowest BCUT2D eigenvalue weighted by Crippen LogP contribution is -2.29. The number of nitrogens with one attached hydrogen (secondary N) is 1. The van der Waals surface area contributed by atoms with E-state index in [9.17, 15) is 9.90 Å². The van der Waals surface area contributed by atoms with Crippen molar-refractivity contribution in [3.05, 3.63) is 34.5 Å². The second-order valence-corrected chi connectivity index (χ2v) is 8.33. The van der Waals surface area contributed by atoms with Crippen molar-refractivity contribution in [2.75, 3.05) is 6.54 Å². The van der Waals surface area contributed by atoms with Crippen LogP contribution in [0.3, 0.4) is 0 Å². The van der Waals surface area contributed by atoms with Gasteiger partial charge in [-0.1, -0.05) is 41.5 Å². The van der Waals surface area contributed by atoms with Gasteiger partial charge in [-0.05, 0) is 51.3 Å². The highest BCUT2D eigenvalue weighted by molar-refractivity contribution is 7.17. The number of fused-ring (bicyclic) bond motifs is 1. The molecule has 0 bridgehead atoms. The van der Waals surface area contributed by atoms with Gasteiger partial charge in [0.2, 0.25) is 0 Å². The molecule has 0 radical (unpaired) electrons. The van der Waals surface area contributed by atoms with Gasteiger partial charge in [-0.2, -0.15) is 0 Å². The zero-order valence-electron chi connectivity index (χ0n) is 21.1. The first kappa shape index (κ1) is 27.8. The number of carbonyl (C=O) groups excluding carboxylic acids is 1. The van der Waals surface area contributed by atoms with Gasteiger partial charge in [-0.25, -0.2) is 9.97 Å². The Morgan fingerprint density at radius 2 is 1.75 bits per heavy atom. The third-order valence-corrected chi connectivity index (χ3v) is 6.05. The molecule has 2 N–H and O–H groups in total. The van der Waals surface area contributed by atoms with Gasteiger partial charge in [-0.15, -0.1) is 11.3 Å². The summed E-state index contributed by atoms with van der Waals surface area (Å²) in [5.74, 6) is -0.181. The molecule has 32 heavy (non-hydrogen) atoms. The first-order valence-corrected chi connectivity index (χ1v) is 12.6. The fourth-order valence-corrected chi connectivity index (χ4v) is 4.36. The Labute approximate surface area is 197 Å². The molecule has 6 nitrogen and oxygen atoms in total. The maximum atomic E-state index is 12.2. The first-order valence-electron chi connectivity index (χ1n) is 11.8. The molecule has 0 aliphatic heterocycles. The Bertz CT molecular complexity index is 987. The minimum Gasteiger partial charge on any atom is -0.392 e. The quantitative estimate of drug-likeness (QED) is 0.433. The average molecular weight is 461 g/mol. The van der Waals surface area contributed by atoms with Crippen LogP contribution in [0.2, 0.25) is 0 Å². The van der Waals surface area contributed by atoms with Crippen LogP contribution in [0.5, 0.6) is 0 Å². The fourth-order valence-electron chi connectivity index (χ4n) is 3.39. The van der Waals surface area contributed by atoms with Crippen LogP contribution in [0.1, 0.15) is 88.3 Å². The van der Waals surface area contributed by atoms with Crippen LogP contribution in [-0.2, 0) is 0 Å². The molecule has 3 aromatic heterocycles. The number of aryl methyl sites for hydroxylation is 2. The Balaban J connectivity index is 0.00000121. The molecule has 0 fully saturated rings. The molecule has 1 amide bonds. The molecule has 0 aromatic carbocycles. The Hall–Kier alpha value is -2.25. The number of aliphatic hydroxyl groups is 1. The summed E-state index contributed by atoms with van der Waals surface area (Å²) in [5.41, 5.74) is 4.63. The smallest absolute Gasteiger partial charge is 0.261 e. The largest absolute Gasteiger partial charge is 0.392 e. The van der Waals surface area contributed by atoms with E-state index in [-0.39, 0.29) is 12.5 Å². The normalized spacial score (nSPS) is 11.5. The predicted molar refractivity (Wildman–Crippen MR) is 137 cm³/mol. The lowest BCUT2D eigenvalue weighted by molar-refractivity contribution is 0.0928. The van der Waals surface area contributed by atoms with Crippen molar-refractivity contribution in [2.45, 2.75) is 87.3 Å². The van der Waals surface area contributed by atoms with E-state index in [4.69, 9.17) is 9.97 Å². The highest BCUT2D eigenvalue weighted by Gasteiger charge is 2.19. The highest BCUT2D eigenvalue weighted by Crippen LogP contribution is 2.32. The summed E-state index contributed by atoms with van der Waals surface area (Å²) in [6, 6.07) is 4.13. The molecule has 3 heterocycles. The average Bonchev–Trinajstić information content (AvgIpc) is 3.41. The van der Waals surface area contributed by atoms with Crippen molar-refractivity contribution in [3.8, 4) is 10.6 Å². The van der Waals surface area contributed by atoms with E-state index in [2.05, 4.69) is 36.9 Å². The van der Waals surface area contributed by atoms with E-state index in [1.165, 1.54) is 11.3 Å². The number of hydrogen-bond donors (Lipinski definition) is 2. The summed E-state index contributed by atoms with van der Waals surface area (Å²) in [6.45, 7) is 18.3. The van der Waals surface area contributed by atoms with Crippen LogP contribution in [0, 0.1) is 13.8 Å². The van der Waals surface area contributed by atoms with Crippen molar-refractivity contribution in [3.63, 3.8) is 0 Å². The molecular weight excluding hydrogens is 420 g/mol. The SMILES string of the molecule is CC.CC.CCC(CC)n1cc(C)c2nc(-c3ccc(C(=O)NCC(C)O)s3)c(C)nc21. The molecule has 0 saturated carbocycles. The minimum absolute atomic E-state index is 0.181. The minimum atomic E-state index is -0.569. The van der Waals surface area contributed by atoms with Gasteiger partial charge in [-0.3, -0.25) is 4.79 Å². The molecule has 0 saturated heterocycles. The van der Waals surface area contributed by atoms with E-state index >= 15 is 0 Å². The van der Waals surface area contributed by atoms with Crippen molar-refractivity contribution < 1.29 is 9.90 Å². The summed E-state index contributed by atoms with van der Waals surface area (Å²) in [5, 5.41) is 12.1. The van der Waals surface area contributed by atoms with E-state index in [1.807, 2.05) is 40.7 Å². The monoisotopic (exact) mass is 460 g/mol. The summed E-state index contributed by atoms with van der Waals surface area (Å²) in [7, 11) is 0. The number of thiophene rings is 1. The van der Waals surface area contributed by atoms with Gasteiger partial charge in [0.15, 0.2) is 5.65 Å². The third kappa shape index (κ3) is 6.39. The number of rotatable bonds is 7. The van der Waals surface area contributed by atoms with Gasteiger partial charge in [0, 0.05) is 18.8 Å². The van der Waals surface area contributed by atoms with E-state index in [1.54, 1.807) is 13.0 Å². The first-order chi connectivity index (χ1) is 15.3. The Morgan fingerprint density at radius 3 is 2.31 bits per heavy atom. The maximum Gasteiger partial charge on any atom is 0.261 e. The number of hydrogen-bond acceptors (Lipinski definition) is 5. The molecule has 1 atom stereocenters. The molecule has 1 unspecified atom stereocenters. The van der Waals surface area contributed by atoms with Crippen molar-refractivity contribution in [1.82, 2.24) is 19.9 Å². The van der Waals surface area contributed by atoms with E-state index in [0.717, 1.165) is 45.8 Å². The lowest BCUT2D eigenvalue weighted by atomic mass is 10.2. The number of aromatic nitrogens is 3. The van der Waals surface area contributed by atoms with Gasteiger partial charge < -0.3 is 15.0 Å². The van der Waals surface area contributed by atoms with Gasteiger partial charge in [0.1, 0.15) is 11.2 Å². The molecular formula is C25H40N4O2S. The number of amides is 1. The second kappa shape index (κ2) is 13.3. The van der Waals surface area contributed by atoms with Crippen LogP contribution in [0.15, 0.2) is 18.3 Å². The maximum absolute atomic E-state index is 12.2. The highest BCUT2D eigenvalue weighted by atomic mass is 32.1. The predicted octanol–water partition coefficient (Wildman–Crippen LogP) is 6.30. The van der Waals surface area contributed by atoms with Gasteiger partial charge in [0.05, 0.1) is 21.6 Å². The fraction of sp³-hybridized carbons (Fsp3) is 0.560. The van der Waals surface area contributed by atoms with Crippen molar-refractivity contribution in [2.24, 2.45) is 0 Å². The molecule has 0 spiro atoms. The lowest BCUT2D eigenvalue weighted by Gasteiger charge is -2.15. The van der Waals surface area contributed by atoms with Gasteiger partial charge >= 0.3 is 0 Å².